The van der Waals surface area contributed by atoms with Crippen molar-refractivity contribution < 1.29 is 0 Å². The molecule has 0 radical (unpaired) electrons. The number of benzene rings is 1. The van der Waals surface area contributed by atoms with Crippen molar-refractivity contribution in [1.82, 2.24) is 0 Å². The van der Waals surface area contributed by atoms with Crippen LogP contribution in [0.2, 0.25) is 0 Å². The first-order valence-electron chi connectivity index (χ1n) is 6.37. The van der Waals surface area contributed by atoms with Gasteiger partial charge < -0.3 is 0 Å². The first kappa shape index (κ1) is 21.3. The van der Waals surface area contributed by atoms with Gasteiger partial charge in [0.25, 0.3) is 0 Å². The zero-order valence-corrected chi connectivity index (χ0v) is 13.1. The molecule has 1 aromatic rings. The lowest BCUT2D eigenvalue weighted by Crippen LogP contribution is -1.74. The van der Waals surface area contributed by atoms with Crippen molar-refractivity contribution in [2.45, 2.75) is 46.4 Å². The predicted molar refractivity (Wildman–Crippen MR) is 86.6 cm³/mol. The molecule has 1 rings (SSSR count). The Morgan fingerprint density at radius 1 is 0.882 bits per heavy atom. The van der Waals surface area contributed by atoms with E-state index in [0.29, 0.717) is 0 Å². The summed E-state index contributed by atoms with van der Waals surface area (Å²) in [6.45, 7) is 19.4. The molecule has 0 saturated carbocycles. The topological polar surface area (TPSA) is 0 Å². The Morgan fingerprint density at radius 3 is 1.76 bits per heavy atom. The highest BCUT2D eigenvalue weighted by Gasteiger charge is 1.93. The lowest BCUT2D eigenvalue weighted by atomic mass is 10.2. The van der Waals surface area contributed by atoms with Crippen LogP contribution in [0, 0.1) is 0 Å². The molecule has 0 aromatic heterocycles. The molecular weight excluding hydrogens is 224 g/mol. The van der Waals surface area contributed by atoms with Gasteiger partial charge in [-0.1, -0.05) is 90.7 Å². The van der Waals surface area contributed by atoms with Gasteiger partial charge in [0.15, 0.2) is 0 Å². The summed E-state index contributed by atoms with van der Waals surface area (Å²) in [7, 11) is 0. The van der Waals surface area contributed by atoms with Gasteiger partial charge in [0.2, 0.25) is 0 Å². The van der Waals surface area contributed by atoms with Crippen LogP contribution in [0.5, 0.6) is 0 Å². The van der Waals surface area contributed by atoms with Crippen LogP contribution >= 0.6 is 11.8 Å². The maximum absolute atomic E-state index is 3.73. The molecule has 0 heterocycles. The van der Waals surface area contributed by atoms with Crippen LogP contribution in [0.1, 0.15) is 47.1 Å². The molecule has 0 unspecified atom stereocenters. The fourth-order valence-electron chi connectivity index (χ4n) is 0.846. The normalized spacial score (nSPS) is 6.94. The molecule has 0 nitrogen and oxygen atoms in total. The Bertz CT molecular complexity index is 264. The molecule has 0 aliphatic heterocycles. The molecule has 0 aliphatic rings. The summed E-state index contributed by atoms with van der Waals surface area (Å²) in [5.41, 5.74) is 1.16. The summed E-state index contributed by atoms with van der Waals surface area (Å²) >= 11 is 1.62. The highest BCUT2D eigenvalue weighted by molar-refractivity contribution is 8.02. The van der Waals surface area contributed by atoms with E-state index in [1.807, 2.05) is 71.2 Å². The van der Waals surface area contributed by atoms with Crippen LogP contribution in [0.15, 0.2) is 47.7 Å². The molecule has 0 fully saturated rings. The smallest absolute Gasteiger partial charge is 0.0188 e. The standard InChI is InChI=1S/C10H10S.3C2H6/c1-3-9-7-5-6-8-10(9)11-4-2;3*1-2/h3-8H,1-2H2;3*1-2H3. The van der Waals surface area contributed by atoms with Crippen molar-refractivity contribution >= 4 is 17.8 Å². The number of thioether (sulfide) groups is 1. The SMILES string of the molecule is C=CSc1ccccc1C=C.CC.CC.CC. The van der Waals surface area contributed by atoms with Gasteiger partial charge in [-0.2, -0.15) is 0 Å². The van der Waals surface area contributed by atoms with Crippen molar-refractivity contribution in [1.29, 1.82) is 0 Å². The summed E-state index contributed by atoms with van der Waals surface area (Å²) < 4.78 is 0. The van der Waals surface area contributed by atoms with E-state index in [1.54, 1.807) is 11.8 Å². The Morgan fingerprint density at radius 2 is 1.35 bits per heavy atom. The average molecular weight is 252 g/mol. The number of hydrogen-bond donors (Lipinski definition) is 0. The number of rotatable bonds is 3. The van der Waals surface area contributed by atoms with Crippen molar-refractivity contribution in [2.24, 2.45) is 0 Å². The second-order valence-corrected chi connectivity index (χ2v) is 3.04. The first-order chi connectivity index (χ1) is 8.38. The minimum atomic E-state index is 1.16. The van der Waals surface area contributed by atoms with Gasteiger partial charge in [0, 0.05) is 4.90 Å². The Balaban J connectivity index is -0.000000285. The quantitative estimate of drug-likeness (QED) is 0.543. The zero-order chi connectivity index (χ0) is 14.1. The summed E-state index contributed by atoms with van der Waals surface area (Å²) in [5, 5.41) is 1.82. The minimum Gasteiger partial charge on any atom is -0.0984 e. The van der Waals surface area contributed by atoms with Crippen molar-refractivity contribution in [3.05, 3.63) is 48.4 Å². The van der Waals surface area contributed by atoms with Gasteiger partial charge in [-0.3, -0.25) is 0 Å². The molecule has 0 bridgehead atoms. The minimum absolute atomic E-state index is 1.16. The molecule has 0 N–H and O–H groups in total. The molecule has 0 spiro atoms. The summed E-state index contributed by atoms with van der Waals surface area (Å²) in [4.78, 5) is 1.21. The van der Waals surface area contributed by atoms with E-state index in [0.717, 1.165) is 5.56 Å². The van der Waals surface area contributed by atoms with Crippen LogP contribution < -0.4 is 0 Å². The third-order valence-electron chi connectivity index (χ3n) is 1.35. The Labute approximate surface area is 113 Å². The maximum Gasteiger partial charge on any atom is 0.0188 e. The third-order valence-corrected chi connectivity index (χ3v) is 2.14. The molecule has 0 atom stereocenters. The zero-order valence-electron chi connectivity index (χ0n) is 12.3. The second-order valence-electron chi connectivity index (χ2n) is 2.03. The summed E-state index contributed by atoms with van der Waals surface area (Å²) in [6.07, 6.45) is 1.85. The van der Waals surface area contributed by atoms with E-state index in [-0.39, 0.29) is 0 Å². The number of hydrogen-bond acceptors (Lipinski definition) is 1. The van der Waals surface area contributed by atoms with Gasteiger partial charge in [0.1, 0.15) is 0 Å². The van der Waals surface area contributed by atoms with Gasteiger partial charge in [-0.15, -0.1) is 0 Å². The van der Waals surface area contributed by atoms with Gasteiger partial charge in [-0.25, -0.2) is 0 Å². The molecule has 0 aliphatic carbocycles. The van der Waals surface area contributed by atoms with Crippen LogP contribution in [-0.4, -0.2) is 0 Å². The lowest BCUT2D eigenvalue weighted by molar-refractivity contribution is 1.43. The Kier molecular flexibility index (Phi) is 25.7. The van der Waals surface area contributed by atoms with Crippen LogP contribution in [0.4, 0.5) is 0 Å². The summed E-state index contributed by atoms with van der Waals surface area (Å²) in [6, 6.07) is 8.12. The van der Waals surface area contributed by atoms with Crippen molar-refractivity contribution in [2.75, 3.05) is 0 Å². The highest BCUT2D eigenvalue weighted by Crippen LogP contribution is 2.23. The molecule has 0 amide bonds. The Hall–Kier alpha value is -0.950. The molecule has 0 saturated heterocycles. The largest absolute Gasteiger partial charge is 0.0984 e. The fourth-order valence-corrected chi connectivity index (χ4v) is 1.47. The fraction of sp³-hybridized carbons (Fsp3) is 0.375. The summed E-state index contributed by atoms with van der Waals surface area (Å²) in [5.74, 6) is 0. The highest BCUT2D eigenvalue weighted by atomic mass is 32.2. The molecule has 17 heavy (non-hydrogen) atoms. The van der Waals surface area contributed by atoms with Crippen molar-refractivity contribution in [3.8, 4) is 0 Å². The van der Waals surface area contributed by atoms with E-state index in [9.17, 15) is 0 Å². The van der Waals surface area contributed by atoms with E-state index < -0.39 is 0 Å². The van der Waals surface area contributed by atoms with Crippen LogP contribution in [0.3, 0.4) is 0 Å². The molecule has 1 aromatic carbocycles. The first-order valence-corrected chi connectivity index (χ1v) is 7.25. The van der Waals surface area contributed by atoms with E-state index >= 15 is 0 Å². The third kappa shape index (κ3) is 11.3. The van der Waals surface area contributed by atoms with Gasteiger partial charge in [0.05, 0.1) is 0 Å². The van der Waals surface area contributed by atoms with E-state index in [2.05, 4.69) is 19.2 Å². The van der Waals surface area contributed by atoms with Crippen LogP contribution in [-0.2, 0) is 0 Å². The van der Waals surface area contributed by atoms with Gasteiger partial charge in [-0.05, 0) is 17.0 Å². The second kappa shape index (κ2) is 20.5. The molecule has 98 valence electrons. The van der Waals surface area contributed by atoms with Gasteiger partial charge >= 0.3 is 0 Å². The predicted octanol–water partition coefficient (Wildman–Crippen LogP) is 6.64. The van der Waals surface area contributed by atoms with E-state index in [1.165, 1.54) is 4.90 Å². The van der Waals surface area contributed by atoms with Crippen LogP contribution in [0.25, 0.3) is 6.08 Å². The maximum atomic E-state index is 3.73. The molecular formula is C16H28S. The molecule has 1 heteroatoms. The average Bonchev–Trinajstić information content (AvgIpc) is 2.46. The monoisotopic (exact) mass is 252 g/mol. The lowest BCUT2D eigenvalue weighted by Gasteiger charge is -1.99. The van der Waals surface area contributed by atoms with Crippen molar-refractivity contribution in [3.63, 3.8) is 0 Å². The van der Waals surface area contributed by atoms with E-state index in [4.69, 9.17) is 0 Å².